The minimum Gasteiger partial charge on any atom is -0.491 e. The van der Waals surface area contributed by atoms with E-state index in [1.807, 2.05) is 0 Å². The van der Waals surface area contributed by atoms with Crippen LogP contribution in [0.2, 0.25) is 0 Å². The van der Waals surface area contributed by atoms with Crippen LogP contribution in [-0.2, 0) is 4.74 Å². The summed E-state index contributed by atoms with van der Waals surface area (Å²) in [6.07, 6.45) is -4.63. The van der Waals surface area contributed by atoms with Gasteiger partial charge in [-0.25, -0.2) is 0 Å². The van der Waals surface area contributed by atoms with Gasteiger partial charge in [0.15, 0.2) is 0 Å². The molecule has 0 atom stereocenters. The number of rotatable bonds is 4. The summed E-state index contributed by atoms with van der Waals surface area (Å²) in [5, 5.41) is 0. The lowest BCUT2D eigenvalue weighted by Gasteiger charge is -2.10. The molecule has 1 rings (SSSR count). The van der Waals surface area contributed by atoms with Crippen LogP contribution in [0.1, 0.15) is 11.1 Å². The minimum absolute atomic E-state index is 0.174. The molecule has 19 heavy (non-hydrogen) atoms. The molecule has 0 unspecified atom stereocenters. The number of aryl methyl sites for hydroxylation is 1. The van der Waals surface area contributed by atoms with E-state index in [-0.39, 0.29) is 12.5 Å². The van der Waals surface area contributed by atoms with Gasteiger partial charge in [-0.15, -0.1) is 24.8 Å². The summed E-state index contributed by atoms with van der Waals surface area (Å²) in [6, 6.07) is 5.15. The maximum absolute atomic E-state index is 11.7. The van der Waals surface area contributed by atoms with Gasteiger partial charge in [0.1, 0.15) is 12.4 Å². The molecule has 2 nitrogen and oxygen atoms in total. The van der Waals surface area contributed by atoms with Crippen molar-refractivity contribution in [1.29, 1.82) is 0 Å². The molecular weight excluding hydrogens is 281 g/mol. The number of halogens is 4. The first kappa shape index (κ1) is 15.7. The summed E-state index contributed by atoms with van der Waals surface area (Å²) in [4.78, 5) is 0. The molecule has 0 aliphatic heterocycles. The lowest BCUT2D eigenvalue weighted by atomic mass is 10.1. The quantitative estimate of drug-likeness (QED) is 0.480. The molecule has 0 heterocycles. The van der Waals surface area contributed by atoms with Crippen molar-refractivity contribution < 1.29 is 22.6 Å². The molecule has 0 fully saturated rings. The lowest BCUT2D eigenvalue weighted by molar-refractivity contribution is -0.325. The van der Waals surface area contributed by atoms with E-state index >= 15 is 0 Å². The van der Waals surface area contributed by atoms with Gasteiger partial charge < -0.3 is 4.74 Å². The smallest absolute Gasteiger partial charge is 0.491 e. The second-order valence-electron chi connectivity index (χ2n) is 3.56. The van der Waals surface area contributed by atoms with Crippen molar-refractivity contribution in [3.05, 3.63) is 29.3 Å². The second-order valence-corrected chi connectivity index (χ2v) is 3.83. The zero-order valence-electron chi connectivity index (χ0n) is 10.2. The van der Waals surface area contributed by atoms with Crippen molar-refractivity contribution in [2.75, 3.05) is 19.1 Å². The van der Waals surface area contributed by atoms with Crippen LogP contribution < -0.4 is 4.74 Å². The third kappa shape index (κ3) is 6.37. The molecule has 0 saturated carbocycles. The highest BCUT2D eigenvalue weighted by molar-refractivity contribution is 6.19. The molecule has 104 valence electrons. The zero-order chi connectivity index (χ0) is 14.3. The van der Waals surface area contributed by atoms with Crippen molar-refractivity contribution in [3.8, 4) is 17.6 Å². The largest absolute Gasteiger partial charge is 0.522 e. The third-order valence-electron chi connectivity index (χ3n) is 2.08. The highest BCUT2D eigenvalue weighted by Crippen LogP contribution is 2.19. The monoisotopic (exact) mass is 292 g/mol. The Morgan fingerprint density at radius 1 is 1.26 bits per heavy atom. The minimum atomic E-state index is -4.63. The van der Waals surface area contributed by atoms with Crippen molar-refractivity contribution in [2.24, 2.45) is 0 Å². The summed E-state index contributed by atoms with van der Waals surface area (Å²) < 4.78 is 44.0. The van der Waals surface area contributed by atoms with E-state index in [1.54, 1.807) is 25.1 Å². The molecule has 6 heteroatoms. The molecule has 0 spiro atoms. The Morgan fingerprint density at radius 3 is 2.58 bits per heavy atom. The van der Waals surface area contributed by atoms with Crippen LogP contribution in [0.4, 0.5) is 13.2 Å². The SMILES string of the molecule is Cc1cc(C#CCCl)ccc1OCCOC(F)(F)F. The van der Waals surface area contributed by atoms with Crippen LogP contribution in [0.15, 0.2) is 18.2 Å². The van der Waals surface area contributed by atoms with E-state index in [4.69, 9.17) is 16.3 Å². The van der Waals surface area contributed by atoms with Gasteiger partial charge in [-0.05, 0) is 30.7 Å². The number of benzene rings is 1. The molecule has 0 aliphatic rings. The first-order chi connectivity index (χ1) is 8.92. The van der Waals surface area contributed by atoms with Gasteiger partial charge in [-0.3, -0.25) is 4.74 Å². The van der Waals surface area contributed by atoms with E-state index < -0.39 is 13.0 Å². The summed E-state index contributed by atoms with van der Waals surface area (Å²) in [5.41, 5.74) is 1.56. The molecule has 0 saturated heterocycles. The van der Waals surface area contributed by atoms with Gasteiger partial charge in [0.2, 0.25) is 0 Å². The average Bonchev–Trinajstić information content (AvgIpc) is 2.32. The van der Waals surface area contributed by atoms with E-state index in [2.05, 4.69) is 16.6 Å². The molecule has 0 N–H and O–H groups in total. The van der Waals surface area contributed by atoms with Gasteiger partial charge in [0, 0.05) is 5.56 Å². The van der Waals surface area contributed by atoms with Crippen LogP contribution in [-0.4, -0.2) is 25.5 Å². The first-order valence-corrected chi connectivity index (χ1v) is 5.95. The Kier molecular flexibility index (Phi) is 6.00. The molecule has 0 radical (unpaired) electrons. The first-order valence-electron chi connectivity index (χ1n) is 5.41. The van der Waals surface area contributed by atoms with Gasteiger partial charge >= 0.3 is 6.36 Å². The summed E-state index contributed by atoms with van der Waals surface area (Å²) in [6.45, 7) is 1.07. The molecule has 0 bridgehead atoms. The van der Waals surface area contributed by atoms with Crippen LogP contribution in [0, 0.1) is 18.8 Å². The molecular formula is C13H12ClF3O2. The fourth-order valence-electron chi connectivity index (χ4n) is 1.33. The maximum Gasteiger partial charge on any atom is 0.522 e. The Balaban J connectivity index is 2.51. The van der Waals surface area contributed by atoms with Crippen molar-refractivity contribution in [3.63, 3.8) is 0 Å². The van der Waals surface area contributed by atoms with Crippen molar-refractivity contribution in [2.45, 2.75) is 13.3 Å². The van der Waals surface area contributed by atoms with E-state index in [1.165, 1.54) is 0 Å². The Morgan fingerprint density at radius 2 is 2.00 bits per heavy atom. The van der Waals surface area contributed by atoms with Crippen LogP contribution in [0.5, 0.6) is 5.75 Å². The fraction of sp³-hybridized carbons (Fsp3) is 0.385. The topological polar surface area (TPSA) is 18.5 Å². The second kappa shape index (κ2) is 7.27. The number of alkyl halides is 4. The van der Waals surface area contributed by atoms with Crippen molar-refractivity contribution in [1.82, 2.24) is 0 Å². The average molecular weight is 293 g/mol. The predicted octanol–water partition coefficient (Wildman–Crippen LogP) is 3.50. The number of hydrogen-bond donors (Lipinski definition) is 0. The van der Waals surface area contributed by atoms with Crippen LogP contribution >= 0.6 is 11.6 Å². The van der Waals surface area contributed by atoms with Gasteiger partial charge in [0.25, 0.3) is 0 Å². The molecule has 1 aromatic rings. The fourth-order valence-corrected chi connectivity index (χ4v) is 1.40. The Hall–Kier alpha value is -1.38. The molecule has 0 amide bonds. The number of ether oxygens (including phenoxy) is 2. The normalized spacial score (nSPS) is 10.8. The van der Waals surface area contributed by atoms with E-state index in [9.17, 15) is 13.2 Å². The highest BCUT2D eigenvalue weighted by atomic mass is 35.5. The van der Waals surface area contributed by atoms with Gasteiger partial charge in [-0.1, -0.05) is 11.8 Å². The summed E-state index contributed by atoms with van der Waals surface area (Å²) >= 11 is 5.44. The standard InChI is InChI=1S/C13H12ClF3O2/c1-10-9-11(3-2-6-14)4-5-12(10)18-7-8-19-13(15,16)17/h4-5,9H,6-8H2,1H3. The molecule has 0 aliphatic carbocycles. The predicted molar refractivity (Wildman–Crippen MR) is 66.3 cm³/mol. The van der Waals surface area contributed by atoms with Crippen molar-refractivity contribution >= 4 is 11.6 Å². The van der Waals surface area contributed by atoms with E-state index in [0.717, 1.165) is 11.1 Å². The number of hydrogen-bond acceptors (Lipinski definition) is 2. The summed E-state index contributed by atoms with van der Waals surface area (Å²) in [7, 11) is 0. The summed E-state index contributed by atoms with van der Waals surface area (Å²) in [5.74, 6) is 6.29. The zero-order valence-corrected chi connectivity index (χ0v) is 10.9. The molecule has 1 aromatic carbocycles. The maximum atomic E-state index is 11.7. The lowest BCUT2D eigenvalue weighted by Crippen LogP contribution is -2.18. The van der Waals surface area contributed by atoms with Gasteiger partial charge in [0.05, 0.1) is 12.5 Å². The van der Waals surface area contributed by atoms with Crippen LogP contribution in [0.3, 0.4) is 0 Å². The van der Waals surface area contributed by atoms with Gasteiger partial charge in [-0.2, -0.15) is 0 Å². The third-order valence-corrected chi connectivity index (χ3v) is 2.21. The van der Waals surface area contributed by atoms with E-state index in [0.29, 0.717) is 5.75 Å². The van der Waals surface area contributed by atoms with Crippen LogP contribution in [0.25, 0.3) is 0 Å². The Bertz CT molecular complexity index is 475. The highest BCUT2D eigenvalue weighted by Gasteiger charge is 2.28. The Labute approximate surface area is 114 Å². The molecule has 0 aromatic heterocycles.